The smallest absolute Gasteiger partial charge is 0.323 e. The Balaban J connectivity index is 2.02. The van der Waals surface area contributed by atoms with Crippen molar-refractivity contribution < 1.29 is 24.5 Å². The summed E-state index contributed by atoms with van der Waals surface area (Å²) in [5.74, 6) is -1.13. The van der Waals surface area contributed by atoms with E-state index in [1.54, 1.807) is 31.2 Å². The van der Waals surface area contributed by atoms with E-state index >= 15 is 0 Å². The van der Waals surface area contributed by atoms with Gasteiger partial charge in [0.15, 0.2) is 11.6 Å². The topological polar surface area (TPSA) is 137 Å². The standard InChI is InChI=1S/C19H14N4O5/c1-11-17-14(18(27)19(21-11)23(10-24)9-16(25)26)5-6-15(22-17)28-13-4-2-3-12(7-13)8-20/h2-7,10,27H,9H2,1H3,(H,25,26). The van der Waals surface area contributed by atoms with Crippen LogP contribution in [0.2, 0.25) is 0 Å². The van der Waals surface area contributed by atoms with Crippen molar-refractivity contribution in [2.75, 3.05) is 11.4 Å². The molecule has 0 aliphatic heterocycles. The van der Waals surface area contributed by atoms with Crippen LogP contribution in [0, 0.1) is 18.3 Å². The summed E-state index contributed by atoms with van der Waals surface area (Å²) < 4.78 is 5.66. The van der Waals surface area contributed by atoms with Gasteiger partial charge in [0.1, 0.15) is 12.3 Å². The molecule has 140 valence electrons. The summed E-state index contributed by atoms with van der Waals surface area (Å²) in [6.07, 6.45) is 0.286. The van der Waals surface area contributed by atoms with Crippen LogP contribution in [0.5, 0.6) is 17.4 Å². The largest absolute Gasteiger partial charge is 0.504 e. The number of rotatable bonds is 6. The van der Waals surface area contributed by atoms with Crippen molar-refractivity contribution >= 4 is 29.1 Å². The minimum atomic E-state index is -1.24. The molecular formula is C19H14N4O5. The van der Waals surface area contributed by atoms with Crippen LogP contribution in [0.1, 0.15) is 11.3 Å². The molecule has 0 atom stereocenters. The molecule has 1 aromatic carbocycles. The van der Waals surface area contributed by atoms with E-state index in [1.807, 2.05) is 6.07 Å². The van der Waals surface area contributed by atoms with E-state index < -0.39 is 12.5 Å². The van der Waals surface area contributed by atoms with E-state index in [1.165, 1.54) is 12.1 Å². The molecule has 0 fully saturated rings. The maximum atomic E-state index is 11.2. The molecule has 9 nitrogen and oxygen atoms in total. The second-order valence-corrected chi connectivity index (χ2v) is 5.78. The molecule has 2 heterocycles. The third-order valence-corrected chi connectivity index (χ3v) is 3.84. The average molecular weight is 378 g/mol. The molecule has 0 aliphatic carbocycles. The summed E-state index contributed by atoms with van der Waals surface area (Å²) in [5, 5.41) is 28.6. The Bertz CT molecular complexity index is 1120. The number of aromatic nitrogens is 2. The van der Waals surface area contributed by atoms with E-state index in [4.69, 9.17) is 15.1 Å². The monoisotopic (exact) mass is 378 g/mol. The summed E-state index contributed by atoms with van der Waals surface area (Å²) in [4.78, 5) is 31.3. The number of nitriles is 1. The van der Waals surface area contributed by atoms with Crippen LogP contribution in [-0.4, -0.2) is 39.1 Å². The lowest BCUT2D eigenvalue weighted by Gasteiger charge is -2.17. The molecule has 28 heavy (non-hydrogen) atoms. The van der Waals surface area contributed by atoms with Crippen molar-refractivity contribution in [3.8, 4) is 23.4 Å². The summed E-state index contributed by atoms with van der Waals surface area (Å²) in [6.45, 7) is 0.973. The van der Waals surface area contributed by atoms with Crippen LogP contribution in [0.25, 0.3) is 10.9 Å². The summed E-state index contributed by atoms with van der Waals surface area (Å²) >= 11 is 0. The van der Waals surface area contributed by atoms with E-state index in [0.717, 1.165) is 4.90 Å². The summed E-state index contributed by atoms with van der Waals surface area (Å²) in [6, 6.07) is 11.6. The Morgan fingerprint density at radius 2 is 2.11 bits per heavy atom. The fourth-order valence-electron chi connectivity index (χ4n) is 2.61. The Morgan fingerprint density at radius 3 is 2.79 bits per heavy atom. The number of carbonyl (C=O) groups is 2. The fourth-order valence-corrected chi connectivity index (χ4v) is 2.61. The zero-order valence-corrected chi connectivity index (χ0v) is 14.7. The van der Waals surface area contributed by atoms with Gasteiger partial charge in [0.25, 0.3) is 0 Å². The minimum Gasteiger partial charge on any atom is -0.504 e. The number of benzene rings is 1. The number of aromatic hydroxyl groups is 1. The van der Waals surface area contributed by atoms with Crippen LogP contribution in [0.15, 0.2) is 36.4 Å². The number of hydrogen-bond acceptors (Lipinski definition) is 7. The molecule has 2 N–H and O–H groups in total. The number of ether oxygens (including phenoxy) is 1. The first-order chi connectivity index (χ1) is 13.4. The Labute approximate surface area is 159 Å². The Morgan fingerprint density at radius 1 is 1.32 bits per heavy atom. The average Bonchev–Trinajstić information content (AvgIpc) is 2.69. The van der Waals surface area contributed by atoms with Crippen LogP contribution in [0.4, 0.5) is 5.82 Å². The number of carboxylic acid groups (broad SMARTS) is 1. The molecular weight excluding hydrogens is 364 g/mol. The number of carboxylic acids is 1. The van der Waals surface area contributed by atoms with Gasteiger partial charge in [0.05, 0.1) is 22.8 Å². The number of aryl methyl sites for hydroxylation is 1. The van der Waals surface area contributed by atoms with E-state index in [2.05, 4.69) is 9.97 Å². The van der Waals surface area contributed by atoms with Gasteiger partial charge in [-0.3, -0.25) is 14.5 Å². The summed E-state index contributed by atoms with van der Waals surface area (Å²) in [7, 11) is 0. The van der Waals surface area contributed by atoms with E-state index in [9.17, 15) is 14.7 Å². The maximum Gasteiger partial charge on any atom is 0.323 e. The Kier molecular flexibility index (Phi) is 5.04. The molecule has 1 amide bonds. The first-order valence-electron chi connectivity index (χ1n) is 8.05. The fraction of sp³-hybridized carbons (Fsp3) is 0.105. The van der Waals surface area contributed by atoms with Gasteiger partial charge in [-0.25, -0.2) is 9.97 Å². The van der Waals surface area contributed by atoms with Gasteiger partial charge in [0, 0.05) is 11.5 Å². The molecule has 0 aliphatic rings. The number of carbonyl (C=O) groups excluding carboxylic acids is 1. The van der Waals surface area contributed by atoms with Gasteiger partial charge in [-0.2, -0.15) is 5.26 Å². The quantitative estimate of drug-likeness (QED) is 0.624. The maximum absolute atomic E-state index is 11.2. The normalized spacial score (nSPS) is 10.3. The highest BCUT2D eigenvalue weighted by Gasteiger charge is 2.20. The predicted octanol–water partition coefficient (Wildman–Crippen LogP) is 2.36. The highest BCUT2D eigenvalue weighted by atomic mass is 16.5. The van der Waals surface area contributed by atoms with Gasteiger partial charge in [-0.05, 0) is 31.2 Å². The van der Waals surface area contributed by atoms with Crippen LogP contribution in [-0.2, 0) is 9.59 Å². The van der Waals surface area contributed by atoms with Gasteiger partial charge < -0.3 is 14.9 Å². The highest BCUT2D eigenvalue weighted by molar-refractivity contribution is 5.95. The number of nitrogens with zero attached hydrogens (tertiary/aromatic N) is 4. The molecule has 2 aromatic heterocycles. The second kappa shape index (κ2) is 7.59. The van der Waals surface area contributed by atoms with Gasteiger partial charge in [-0.1, -0.05) is 6.07 Å². The van der Waals surface area contributed by atoms with Gasteiger partial charge >= 0.3 is 5.97 Å². The highest BCUT2D eigenvalue weighted by Crippen LogP contribution is 2.35. The molecule has 3 rings (SSSR count). The molecule has 0 saturated carbocycles. The van der Waals surface area contributed by atoms with Crippen molar-refractivity contribution in [1.29, 1.82) is 5.26 Å². The lowest BCUT2D eigenvalue weighted by molar-refractivity contribution is -0.136. The molecule has 9 heteroatoms. The van der Waals surface area contributed by atoms with Crippen molar-refractivity contribution in [3.05, 3.63) is 47.7 Å². The van der Waals surface area contributed by atoms with E-state index in [0.29, 0.717) is 22.5 Å². The number of hydrogen-bond donors (Lipinski definition) is 2. The van der Waals surface area contributed by atoms with Crippen LogP contribution < -0.4 is 9.64 Å². The number of aliphatic carboxylic acids is 1. The lowest BCUT2D eigenvalue weighted by Crippen LogP contribution is -2.29. The number of pyridine rings is 2. The molecule has 3 aromatic rings. The first kappa shape index (κ1) is 18.6. The third-order valence-electron chi connectivity index (χ3n) is 3.84. The number of anilines is 1. The van der Waals surface area contributed by atoms with Crippen molar-refractivity contribution in [2.24, 2.45) is 0 Å². The van der Waals surface area contributed by atoms with E-state index in [-0.39, 0.29) is 29.2 Å². The van der Waals surface area contributed by atoms with Crippen LogP contribution >= 0.6 is 0 Å². The molecule has 0 saturated heterocycles. The van der Waals surface area contributed by atoms with Crippen molar-refractivity contribution in [2.45, 2.75) is 6.92 Å². The van der Waals surface area contributed by atoms with Gasteiger partial charge in [-0.15, -0.1) is 0 Å². The third kappa shape index (κ3) is 3.66. The van der Waals surface area contributed by atoms with Crippen LogP contribution in [0.3, 0.4) is 0 Å². The Hall–Kier alpha value is -4.19. The molecule has 0 bridgehead atoms. The molecule has 0 unspecified atom stereocenters. The van der Waals surface area contributed by atoms with Gasteiger partial charge in [0.2, 0.25) is 12.3 Å². The van der Waals surface area contributed by atoms with Crippen molar-refractivity contribution in [1.82, 2.24) is 9.97 Å². The minimum absolute atomic E-state index is 0.167. The summed E-state index contributed by atoms with van der Waals surface area (Å²) in [5.41, 5.74) is 1.14. The number of amides is 1. The zero-order valence-electron chi connectivity index (χ0n) is 14.7. The zero-order chi connectivity index (χ0) is 20.3. The molecule has 0 radical (unpaired) electrons. The van der Waals surface area contributed by atoms with Crippen molar-refractivity contribution in [3.63, 3.8) is 0 Å². The number of fused-ring (bicyclic) bond motifs is 1. The second-order valence-electron chi connectivity index (χ2n) is 5.78. The molecule has 0 spiro atoms. The lowest BCUT2D eigenvalue weighted by atomic mass is 10.2. The predicted molar refractivity (Wildman–Crippen MR) is 98.2 cm³/mol. The first-order valence-corrected chi connectivity index (χ1v) is 8.05. The SMILES string of the molecule is Cc1nc(N(C=O)CC(=O)O)c(O)c2ccc(Oc3cccc(C#N)c3)nc12.